The van der Waals surface area contributed by atoms with E-state index >= 15 is 0 Å². The monoisotopic (exact) mass is 552 g/mol. The first kappa shape index (κ1) is 26.8. The number of nitrogens with one attached hydrogen (secondary N) is 3. The number of rotatable bonds is 8. The first-order valence-corrected chi connectivity index (χ1v) is 12.3. The number of hydrogen-bond acceptors (Lipinski definition) is 3. The van der Waals surface area contributed by atoms with Gasteiger partial charge in [0.15, 0.2) is 0 Å². The zero-order chi connectivity index (χ0) is 26.9. The Kier molecular flexibility index (Phi) is 9.02. The minimum absolute atomic E-state index is 0.0367. The van der Waals surface area contributed by atoms with Gasteiger partial charge in [0, 0.05) is 23.8 Å². The van der Waals surface area contributed by atoms with Crippen LogP contribution in [0.25, 0.3) is 0 Å². The standard InChI is InChI=1S/C28H23Cl2FN4O3/c29-19-10-15-25(23(30)18-19)33-27(36)32-16-17-35(28(37)34-26-9-5-4-8-24(26)31)20-11-13-22(14-12-20)38-21-6-2-1-3-7-21/h1-15,18H,16-17H2,(H,34,37)(H2,32,33,36). The van der Waals surface area contributed by atoms with Gasteiger partial charge in [-0.2, -0.15) is 0 Å². The number of para-hydroxylation sites is 2. The van der Waals surface area contributed by atoms with E-state index in [9.17, 15) is 14.0 Å². The maximum Gasteiger partial charge on any atom is 0.326 e. The van der Waals surface area contributed by atoms with Crippen LogP contribution >= 0.6 is 23.2 Å². The van der Waals surface area contributed by atoms with Crippen LogP contribution in [0.3, 0.4) is 0 Å². The molecule has 0 spiro atoms. The molecule has 3 N–H and O–H groups in total. The minimum atomic E-state index is -0.574. The Morgan fingerprint density at radius 2 is 1.47 bits per heavy atom. The summed E-state index contributed by atoms with van der Waals surface area (Å²) in [6.07, 6.45) is 0. The highest BCUT2D eigenvalue weighted by molar-refractivity contribution is 6.36. The summed E-state index contributed by atoms with van der Waals surface area (Å²) in [5.41, 5.74) is 0.938. The van der Waals surface area contributed by atoms with Gasteiger partial charge in [0.2, 0.25) is 0 Å². The van der Waals surface area contributed by atoms with Gasteiger partial charge >= 0.3 is 12.1 Å². The average Bonchev–Trinajstić information content (AvgIpc) is 2.91. The van der Waals surface area contributed by atoms with Crippen LogP contribution in [0.4, 0.5) is 31.0 Å². The number of benzene rings is 4. The van der Waals surface area contributed by atoms with Crippen molar-refractivity contribution >= 4 is 52.3 Å². The van der Waals surface area contributed by atoms with Crippen LogP contribution in [0.15, 0.2) is 97.1 Å². The van der Waals surface area contributed by atoms with Gasteiger partial charge in [0.05, 0.1) is 16.4 Å². The Morgan fingerprint density at radius 1 is 0.789 bits per heavy atom. The lowest BCUT2D eigenvalue weighted by Gasteiger charge is -2.24. The molecule has 0 atom stereocenters. The number of amides is 4. The molecule has 4 aromatic carbocycles. The van der Waals surface area contributed by atoms with E-state index in [1.165, 1.54) is 29.2 Å². The number of carbonyl (C=O) groups excluding carboxylic acids is 2. The van der Waals surface area contributed by atoms with E-state index in [0.717, 1.165) is 0 Å². The van der Waals surface area contributed by atoms with Crippen molar-refractivity contribution in [3.8, 4) is 11.5 Å². The fraction of sp³-hybridized carbons (Fsp3) is 0.0714. The number of halogens is 3. The molecule has 4 rings (SSSR count). The van der Waals surface area contributed by atoms with Crippen LogP contribution in [0.1, 0.15) is 0 Å². The van der Waals surface area contributed by atoms with Crippen molar-refractivity contribution in [3.63, 3.8) is 0 Å². The molecule has 0 heterocycles. The highest BCUT2D eigenvalue weighted by atomic mass is 35.5. The molecule has 0 fully saturated rings. The van der Waals surface area contributed by atoms with E-state index in [4.69, 9.17) is 27.9 Å². The topological polar surface area (TPSA) is 82.7 Å². The Labute approximate surface area is 229 Å². The van der Waals surface area contributed by atoms with Gasteiger partial charge in [-0.15, -0.1) is 0 Å². The highest BCUT2D eigenvalue weighted by Gasteiger charge is 2.18. The molecular formula is C28H23Cl2FN4O3. The lowest BCUT2D eigenvalue weighted by molar-refractivity contribution is 0.250. The van der Waals surface area contributed by atoms with Crippen LogP contribution in [-0.4, -0.2) is 25.2 Å². The molecule has 10 heteroatoms. The molecule has 0 aliphatic rings. The fourth-order valence-electron chi connectivity index (χ4n) is 3.45. The summed E-state index contributed by atoms with van der Waals surface area (Å²) in [4.78, 5) is 26.9. The maximum absolute atomic E-state index is 14.2. The zero-order valence-electron chi connectivity index (χ0n) is 20.0. The number of hydrogen-bond donors (Lipinski definition) is 3. The van der Waals surface area contributed by atoms with Crippen molar-refractivity contribution in [2.45, 2.75) is 0 Å². The summed E-state index contributed by atoms with van der Waals surface area (Å²) in [5.74, 6) is 0.682. The summed E-state index contributed by atoms with van der Waals surface area (Å²) in [7, 11) is 0. The van der Waals surface area contributed by atoms with E-state index in [2.05, 4.69) is 16.0 Å². The Hall–Kier alpha value is -4.27. The van der Waals surface area contributed by atoms with E-state index in [1.54, 1.807) is 42.5 Å². The highest BCUT2D eigenvalue weighted by Crippen LogP contribution is 2.26. The molecule has 0 radical (unpaired) electrons. The van der Waals surface area contributed by atoms with Gasteiger partial charge in [-0.3, -0.25) is 4.90 Å². The number of carbonyl (C=O) groups is 2. The predicted octanol–water partition coefficient (Wildman–Crippen LogP) is 7.79. The van der Waals surface area contributed by atoms with E-state index in [1.807, 2.05) is 30.3 Å². The predicted molar refractivity (Wildman–Crippen MR) is 149 cm³/mol. The van der Waals surface area contributed by atoms with Crippen LogP contribution in [0.5, 0.6) is 11.5 Å². The third-order valence-electron chi connectivity index (χ3n) is 5.29. The lowest BCUT2D eigenvalue weighted by atomic mass is 10.2. The molecule has 0 aliphatic carbocycles. The number of urea groups is 2. The second kappa shape index (κ2) is 12.8. The molecule has 0 bridgehead atoms. The normalized spacial score (nSPS) is 10.4. The number of nitrogens with zero attached hydrogens (tertiary/aromatic N) is 1. The quantitative estimate of drug-likeness (QED) is 0.208. The molecular weight excluding hydrogens is 530 g/mol. The van der Waals surface area contributed by atoms with Gasteiger partial charge in [-0.1, -0.05) is 53.5 Å². The smallest absolute Gasteiger partial charge is 0.326 e. The fourth-order valence-corrected chi connectivity index (χ4v) is 3.91. The first-order chi connectivity index (χ1) is 18.4. The van der Waals surface area contributed by atoms with Gasteiger partial charge in [-0.25, -0.2) is 14.0 Å². The van der Waals surface area contributed by atoms with Gasteiger partial charge < -0.3 is 20.7 Å². The molecule has 4 amide bonds. The van der Waals surface area contributed by atoms with Gasteiger partial charge in [-0.05, 0) is 66.7 Å². The van der Waals surface area contributed by atoms with E-state index in [0.29, 0.717) is 27.9 Å². The first-order valence-electron chi connectivity index (χ1n) is 11.5. The van der Waals surface area contributed by atoms with Crippen LogP contribution in [0, 0.1) is 5.82 Å². The average molecular weight is 553 g/mol. The van der Waals surface area contributed by atoms with Crippen LogP contribution < -0.4 is 25.6 Å². The third-order valence-corrected chi connectivity index (χ3v) is 5.84. The summed E-state index contributed by atoms with van der Waals surface area (Å²) in [6.45, 7) is 0.172. The number of ether oxygens (including phenoxy) is 1. The lowest BCUT2D eigenvalue weighted by Crippen LogP contribution is -2.42. The summed E-state index contributed by atoms with van der Waals surface area (Å²) < 4.78 is 20.0. The molecule has 4 aromatic rings. The van der Waals surface area contributed by atoms with Crippen molar-refractivity contribution in [2.24, 2.45) is 0 Å². The molecule has 0 saturated heterocycles. The van der Waals surface area contributed by atoms with Crippen LogP contribution in [0.2, 0.25) is 10.0 Å². The van der Waals surface area contributed by atoms with Crippen molar-refractivity contribution in [1.82, 2.24) is 5.32 Å². The van der Waals surface area contributed by atoms with Crippen LogP contribution in [-0.2, 0) is 0 Å². The van der Waals surface area contributed by atoms with Crippen molar-refractivity contribution in [1.29, 1.82) is 0 Å². The number of anilines is 3. The Morgan fingerprint density at radius 3 is 2.18 bits per heavy atom. The second-order valence-electron chi connectivity index (χ2n) is 7.98. The minimum Gasteiger partial charge on any atom is -0.457 e. The summed E-state index contributed by atoms with van der Waals surface area (Å²) >= 11 is 12.0. The van der Waals surface area contributed by atoms with E-state index < -0.39 is 17.9 Å². The Bertz CT molecular complexity index is 1410. The zero-order valence-corrected chi connectivity index (χ0v) is 21.5. The Balaban J connectivity index is 1.44. The third kappa shape index (κ3) is 7.38. The second-order valence-corrected chi connectivity index (χ2v) is 8.82. The van der Waals surface area contributed by atoms with E-state index in [-0.39, 0.29) is 23.8 Å². The molecule has 0 aromatic heterocycles. The maximum atomic E-state index is 14.2. The molecule has 0 unspecified atom stereocenters. The SMILES string of the molecule is O=C(NCCN(C(=O)Nc1ccccc1F)c1ccc(Oc2ccccc2)cc1)Nc1ccc(Cl)cc1Cl. The van der Waals surface area contributed by atoms with Crippen molar-refractivity contribution in [2.75, 3.05) is 28.6 Å². The molecule has 0 aliphatic heterocycles. The molecule has 7 nitrogen and oxygen atoms in total. The molecule has 194 valence electrons. The van der Waals surface area contributed by atoms with Crippen molar-refractivity contribution < 1.29 is 18.7 Å². The largest absolute Gasteiger partial charge is 0.457 e. The molecule has 0 saturated carbocycles. The van der Waals surface area contributed by atoms with Gasteiger partial charge in [0.25, 0.3) is 0 Å². The summed E-state index contributed by atoms with van der Waals surface area (Å²) in [6, 6.07) is 25.6. The molecule has 38 heavy (non-hydrogen) atoms. The summed E-state index contributed by atoms with van der Waals surface area (Å²) in [5, 5.41) is 8.62. The van der Waals surface area contributed by atoms with Crippen molar-refractivity contribution in [3.05, 3.63) is 113 Å². The van der Waals surface area contributed by atoms with Gasteiger partial charge in [0.1, 0.15) is 17.3 Å².